The van der Waals surface area contributed by atoms with Crippen LogP contribution in [0.3, 0.4) is 0 Å². The lowest BCUT2D eigenvalue weighted by Gasteiger charge is -2.30. The standard InChI is InChI=1S/C22H33N3O3S/c1-15(2)24(16(3)4)12-13-25-20(27)17-10-8-9-11-18(17)23-21(25)29-14-19(26)28-22(5,6)7/h8-11,15-16H,12-14H2,1-7H3. The van der Waals surface area contributed by atoms with Gasteiger partial charge in [0, 0.05) is 25.2 Å². The van der Waals surface area contributed by atoms with Crippen molar-refractivity contribution in [2.75, 3.05) is 12.3 Å². The molecule has 0 fully saturated rings. The molecule has 0 radical (unpaired) electrons. The molecule has 0 N–H and O–H groups in total. The first-order chi connectivity index (χ1) is 13.5. The van der Waals surface area contributed by atoms with E-state index in [4.69, 9.17) is 4.74 Å². The van der Waals surface area contributed by atoms with Gasteiger partial charge in [0.05, 0.1) is 16.7 Å². The summed E-state index contributed by atoms with van der Waals surface area (Å²) in [4.78, 5) is 32.3. The summed E-state index contributed by atoms with van der Waals surface area (Å²) in [6, 6.07) is 8.08. The van der Waals surface area contributed by atoms with Crippen LogP contribution in [0.15, 0.2) is 34.2 Å². The minimum absolute atomic E-state index is 0.0743. The quantitative estimate of drug-likeness (QED) is 0.367. The Labute approximate surface area is 177 Å². The molecule has 0 atom stereocenters. The number of nitrogens with zero attached hydrogens (tertiary/aromatic N) is 3. The number of fused-ring (bicyclic) bond motifs is 1. The summed E-state index contributed by atoms with van der Waals surface area (Å²) < 4.78 is 7.08. The molecule has 1 heterocycles. The maximum Gasteiger partial charge on any atom is 0.316 e. The zero-order valence-corrected chi connectivity index (χ0v) is 19.4. The van der Waals surface area contributed by atoms with Gasteiger partial charge in [-0.05, 0) is 60.6 Å². The molecule has 2 aromatic rings. The van der Waals surface area contributed by atoms with Crippen LogP contribution in [0.25, 0.3) is 10.9 Å². The van der Waals surface area contributed by atoms with Gasteiger partial charge in [0.2, 0.25) is 0 Å². The van der Waals surface area contributed by atoms with Gasteiger partial charge < -0.3 is 4.74 Å². The fourth-order valence-corrected chi connectivity index (χ4v) is 4.08. The maximum absolute atomic E-state index is 13.1. The Morgan fingerprint density at radius 3 is 2.38 bits per heavy atom. The van der Waals surface area contributed by atoms with Gasteiger partial charge in [-0.3, -0.25) is 19.1 Å². The van der Waals surface area contributed by atoms with E-state index in [1.807, 2.05) is 39.0 Å². The predicted molar refractivity (Wildman–Crippen MR) is 120 cm³/mol. The molecule has 7 heteroatoms. The van der Waals surface area contributed by atoms with Crippen LogP contribution in [0.5, 0.6) is 0 Å². The minimum atomic E-state index is -0.539. The molecule has 2 rings (SSSR count). The van der Waals surface area contributed by atoms with Crippen LogP contribution >= 0.6 is 11.8 Å². The van der Waals surface area contributed by atoms with E-state index in [-0.39, 0.29) is 17.3 Å². The minimum Gasteiger partial charge on any atom is -0.459 e. The van der Waals surface area contributed by atoms with Crippen molar-refractivity contribution in [1.29, 1.82) is 0 Å². The van der Waals surface area contributed by atoms with E-state index >= 15 is 0 Å². The Balaban J connectivity index is 2.33. The van der Waals surface area contributed by atoms with E-state index in [1.165, 1.54) is 11.8 Å². The number of benzene rings is 1. The van der Waals surface area contributed by atoms with Gasteiger partial charge in [-0.15, -0.1) is 0 Å². The van der Waals surface area contributed by atoms with Crippen molar-refractivity contribution in [2.24, 2.45) is 0 Å². The SMILES string of the molecule is CC(C)N(CCn1c(SCC(=O)OC(C)(C)C)nc2ccccc2c1=O)C(C)C. The Hall–Kier alpha value is -1.86. The molecule has 0 aliphatic carbocycles. The average Bonchev–Trinajstić information content (AvgIpc) is 2.60. The lowest BCUT2D eigenvalue weighted by Crippen LogP contribution is -2.40. The molecule has 1 aromatic heterocycles. The number of ether oxygens (including phenoxy) is 1. The summed E-state index contributed by atoms with van der Waals surface area (Å²) in [5.74, 6) is -0.206. The summed E-state index contributed by atoms with van der Waals surface area (Å²) in [6.45, 7) is 15.4. The number of carbonyl (C=O) groups is 1. The monoisotopic (exact) mass is 419 g/mol. The molecule has 6 nitrogen and oxygen atoms in total. The van der Waals surface area contributed by atoms with E-state index < -0.39 is 5.60 Å². The van der Waals surface area contributed by atoms with Crippen molar-refractivity contribution in [2.45, 2.75) is 77.9 Å². The Bertz CT molecular complexity index is 892. The summed E-state index contributed by atoms with van der Waals surface area (Å²) in [5.41, 5.74) is 0.0307. The molecule has 160 valence electrons. The third-order valence-electron chi connectivity index (χ3n) is 4.47. The molecule has 0 saturated carbocycles. The number of aromatic nitrogens is 2. The van der Waals surface area contributed by atoms with Crippen LogP contribution in [0.2, 0.25) is 0 Å². The summed E-state index contributed by atoms with van der Waals surface area (Å²) >= 11 is 1.25. The van der Waals surface area contributed by atoms with Gasteiger partial charge in [0.25, 0.3) is 5.56 Å². The molecule has 1 aromatic carbocycles. The second kappa shape index (κ2) is 9.76. The van der Waals surface area contributed by atoms with Crippen molar-refractivity contribution in [1.82, 2.24) is 14.5 Å². The third kappa shape index (κ3) is 6.57. The summed E-state index contributed by atoms with van der Waals surface area (Å²) in [6.07, 6.45) is 0. The van der Waals surface area contributed by atoms with E-state index in [0.717, 1.165) is 6.54 Å². The zero-order chi connectivity index (χ0) is 21.8. The number of para-hydroxylation sites is 1. The normalized spacial score (nSPS) is 12.3. The van der Waals surface area contributed by atoms with Crippen molar-refractivity contribution in [3.8, 4) is 0 Å². The van der Waals surface area contributed by atoms with Crippen LogP contribution in [0, 0.1) is 0 Å². The Kier molecular flexibility index (Phi) is 7.88. The molecular weight excluding hydrogens is 386 g/mol. The Morgan fingerprint density at radius 2 is 1.79 bits per heavy atom. The van der Waals surface area contributed by atoms with Crippen LogP contribution < -0.4 is 5.56 Å². The fraction of sp³-hybridized carbons (Fsp3) is 0.591. The van der Waals surface area contributed by atoms with Crippen LogP contribution in [-0.2, 0) is 16.1 Å². The van der Waals surface area contributed by atoms with E-state index in [0.29, 0.717) is 34.7 Å². The highest BCUT2D eigenvalue weighted by atomic mass is 32.2. The van der Waals surface area contributed by atoms with Gasteiger partial charge in [-0.1, -0.05) is 23.9 Å². The first kappa shape index (κ1) is 23.4. The van der Waals surface area contributed by atoms with E-state index in [9.17, 15) is 9.59 Å². The van der Waals surface area contributed by atoms with Crippen LogP contribution in [-0.4, -0.2) is 50.4 Å². The second-order valence-electron chi connectivity index (χ2n) is 8.67. The molecular formula is C22H33N3O3S. The molecule has 29 heavy (non-hydrogen) atoms. The second-order valence-corrected chi connectivity index (χ2v) is 9.61. The van der Waals surface area contributed by atoms with E-state index in [1.54, 1.807) is 10.6 Å². The number of carbonyl (C=O) groups excluding carboxylic acids is 1. The number of hydrogen-bond acceptors (Lipinski definition) is 6. The maximum atomic E-state index is 13.1. The summed E-state index contributed by atoms with van der Waals surface area (Å²) in [5, 5.41) is 1.14. The first-order valence-corrected chi connectivity index (χ1v) is 11.1. The average molecular weight is 420 g/mol. The van der Waals surface area contributed by atoms with Crippen molar-refractivity contribution in [3.63, 3.8) is 0 Å². The van der Waals surface area contributed by atoms with Gasteiger partial charge in [0.1, 0.15) is 5.60 Å². The van der Waals surface area contributed by atoms with Crippen molar-refractivity contribution in [3.05, 3.63) is 34.6 Å². The van der Waals surface area contributed by atoms with Gasteiger partial charge >= 0.3 is 5.97 Å². The molecule has 0 saturated heterocycles. The molecule has 0 aliphatic heterocycles. The lowest BCUT2D eigenvalue weighted by molar-refractivity contribution is -0.151. The predicted octanol–water partition coefficient (Wildman–Crippen LogP) is 3.95. The number of hydrogen-bond donors (Lipinski definition) is 0. The molecule has 0 spiro atoms. The Morgan fingerprint density at radius 1 is 1.17 bits per heavy atom. The number of thioether (sulfide) groups is 1. The van der Waals surface area contributed by atoms with Gasteiger partial charge in [-0.25, -0.2) is 4.98 Å². The molecule has 0 bridgehead atoms. The lowest BCUT2D eigenvalue weighted by atomic mass is 10.2. The summed E-state index contributed by atoms with van der Waals surface area (Å²) in [7, 11) is 0. The zero-order valence-electron chi connectivity index (χ0n) is 18.6. The largest absolute Gasteiger partial charge is 0.459 e. The molecule has 0 aliphatic rings. The smallest absolute Gasteiger partial charge is 0.316 e. The first-order valence-electron chi connectivity index (χ1n) is 10.1. The van der Waals surface area contributed by atoms with Gasteiger partial charge in [0.15, 0.2) is 5.16 Å². The van der Waals surface area contributed by atoms with Gasteiger partial charge in [-0.2, -0.15) is 0 Å². The highest BCUT2D eigenvalue weighted by molar-refractivity contribution is 7.99. The van der Waals surface area contributed by atoms with Crippen molar-refractivity contribution >= 4 is 28.6 Å². The molecule has 0 amide bonds. The van der Waals surface area contributed by atoms with Crippen LogP contribution in [0.1, 0.15) is 48.5 Å². The topological polar surface area (TPSA) is 64.4 Å². The van der Waals surface area contributed by atoms with Crippen molar-refractivity contribution < 1.29 is 9.53 Å². The number of rotatable bonds is 8. The van der Waals surface area contributed by atoms with E-state index in [2.05, 4.69) is 37.6 Å². The highest BCUT2D eigenvalue weighted by Crippen LogP contribution is 2.20. The highest BCUT2D eigenvalue weighted by Gasteiger charge is 2.20. The third-order valence-corrected chi connectivity index (χ3v) is 5.42. The molecule has 0 unspecified atom stereocenters. The fourth-order valence-electron chi connectivity index (χ4n) is 3.28. The number of esters is 1. The van der Waals surface area contributed by atoms with Crippen LogP contribution in [0.4, 0.5) is 0 Å².